The number of carbonyl (C=O) groups is 1. The molecule has 68 valence electrons. The van der Waals surface area contributed by atoms with Crippen molar-refractivity contribution in [1.29, 1.82) is 0 Å². The maximum Gasteiger partial charge on any atom is 0.308 e. The van der Waals surface area contributed by atoms with Crippen LogP contribution in [0.15, 0.2) is 29.3 Å². The molecule has 3 heteroatoms. The molecule has 1 aromatic rings. The summed E-state index contributed by atoms with van der Waals surface area (Å²) in [4.78, 5) is 10.7. The van der Waals surface area contributed by atoms with E-state index in [2.05, 4.69) is 22.5 Å². The monoisotopic (exact) mass is 240 g/mol. The molecule has 2 nitrogen and oxygen atoms in total. The van der Waals surface area contributed by atoms with Gasteiger partial charge in [-0.15, -0.1) is 0 Å². The Balaban J connectivity index is 3.05. The molecule has 0 saturated carbocycles. The van der Waals surface area contributed by atoms with E-state index in [0.29, 0.717) is 5.75 Å². The molecule has 0 radical (unpaired) electrons. The van der Waals surface area contributed by atoms with Gasteiger partial charge < -0.3 is 4.74 Å². The smallest absolute Gasteiger partial charge is 0.308 e. The lowest BCUT2D eigenvalue weighted by Crippen LogP contribution is -2.02. The molecular weight excluding hydrogens is 232 g/mol. The third-order valence-corrected chi connectivity index (χ3v) is 1.94. The fraction of sp³-hybridized carbons (Fsp3) is 0.100. The average Bonchev–Trinajstić information content (AvgIpc) is 2.07. The Labute approximate surface area is 85.3 Å². The van der Waals surface area contributed by atoms with Gasteiger partial charge in [0.15, 0.2) is 0 Å². The zero-order valence-electron chi connectivity index (χ0n) is 7.21. The number of hydrogen-bond donors (Lipinski definition) is 0. The summed E-state index contributed by atoms with van der Waals surface area (Å²) in [5, 5.41) is 0. The fourth-order valence-corrected chi connectivity index (χ4v) is 1.31. The van der Waals surface area contributed by atoms with Gasteiger partial charge in [0, 0.05) is 17.0 Å². The number of halogens is 1. The minimum atomic E-state index is -0.328. The molecule has 0 atom stereocenters. The van der Waals surface area contributed by atoms with Gasteiger partial charge in [0.25, 0.3) is 0 Å². The average molecular weight is 241 g/mol. The lowest BCUT2D eigenvalue weighted by Gasteiger charge is -2.05. The third kappa shape index (κ3) is 2.70. The van der Waals surface area contributed by atoms with Gasteiger partial charge in [-0.05, 0) is 18.2 Å². The van der Waals surface area contributed by atoms with Gasteiger partial charge in [-0.3, -0.25) is 4.79 Å². The lowest BCUT2D eigenvalue weighted by atomic mass is 10.2. The Kier molecular flexibility index (Phi) is 3.25. The predicted molar refractivity (Wildman–Crippen MR) is 55.5 cm³/mol. The molecule has 0 spiro atoms. The van der Waals surface area contributed by atoms with Crippen molar-refractivity contribution in [3.8, 4) is 5.75 Å². The summed E-state index contributed by atoms with van der Waals surface area (Å²) in [7, 11) is 0. The van der Waals surface area contributed by atoms with Crippen LogP contribution in [0, 0.1) is 0 Å². The van der Waals surface area contributed by atoms with Gasteiger partial charge in [0.2, 0.25) is 0 Å². The largest absolute Gasteiger partial charge is 0.426 e. The number of benzene rings is 1. The van der Waals surface area contributed by atoms with Crippen molar-refractivity contribution in [1.82, 2.24) is 0 Å². The van der Waals surface area contributed by atoms with Crippen LogP contribution in [0.25, 0.3) is 6.08 Å². The topological polar surface area (TPSA) is 26.3 Å². The summed E-state index contributed by atoms with van der Waals surface area (Å²) in [5.41, 5.74) is 0.796. The second-order valence-electron chi connectivity index (χ2n) is 2.48. The molecule has 0 bridgehead atoms. The first-order chi connectivity index (χ1) is 6.13. The molecule has 0 aliphatic rings. The zero-order valence-corrected chi connectivity index (χ0v) is 8.80. The number of rotatable bonds is 2. The molecule has 0 amide bonds. The van der Waals surface area contributed by atoms with E-state index in [9.17, 15) is 4.79 Å². The van der Waals surface area contributed by atoms with Gasteiger partial charge >= 0.3 is 5.97 Å². The SMILES string of the molecule is C=Cc1cc(Br)ccc1OC(C)=O. The maximum atomic E-state index is 10.7. The van der Waals surface area contributed by atoms with Crippen molar-refractivity contribution in [3.63, 3.8) is 0 Å². The molecule has 0 N–H and O–H groups in total. The van der Waals surface area contributed by atoms with Crippen LogP contribution in [0.3, 0.4) is 0 Å². The Morgan fingerprint density at radius 2 is 2.31 bits per heavy atom. The van der Waals surface area contributed by atoms with Crippen molar-refractivity contribution in [2.24, 2.45) is 0 Å². The molecule has 0 aliphatic carbocycles. The van der Waals surface area contributed by atoms with Crippen LogP contribution >= 0.6 is 15.9 Å². The summed E-state index contributed by atoms with van der Waals surface area (Å²) >= 11 is 3.32. The molecule has 0 aromatic heterocycles. The third-order valence-electron chi connectivity index (χ3n) is 1.45. The summed E-state index contributed by atoms with van der Waals surface area (Å²) in [6.07, 6.45) is 1.64. The van der Waals surface area contributed by atoms with E-state index in [4.69, 9.17) is 4.74 Å². The quantitative estimate of drug-likeness (QED) is 0.587. The highest BCUT2D eigenvalue weighted by atomic mass is 79.9. The molecule has 0 heterocycles. The first kappa shape index (κ1) is 9.99. The second kappa shape index (κ2) is 4.23. The fourth-order valence-electron chi connectivity index (χ4n) is 0.927. The molecule has 0 saturated heterocycles. The standard InChI is InChI=1S/C10H9BrO2/c1-3-8-6-9(11)4-5-10(8)13-7(2)12/h3-6H,1H2,2H3. The van der Waals surface area contributed by atoms with Crippen molar-refractivity contribution >= 4 is 28.0 Å². The Hall–Kier alpha value is -1.09. The van der Waals surface area contributed by atoms with Gasteiger partial charge in [-0.2, -0.15) is 0 Å². The van der Waals surface area contributed by atoms with Gasteiger partial charge in [0.05, 0.1) is 0 Å². The van der Waals surface area contributed by atoms with E-state index < -0.39 is 0 Å². The first-order valence-corrected chi connectivity index (χ1v) is 4.53. The van der Waals surface area contributed by atoms with E-state index in [0.717, 1.165) is 10.0 Å². The Bertz CT molecular complexity index is 345. The van der Waals surface area contributed by atoms with E-state index >= 15 is 0 Å². The molecule has 0 unspecified atom stereocenters. The Morgan fingerprint density at radius 1 is 1.62 bits per heavy atom. The number of hydrogen-bond acceptors (Lipinski definition) is 2. The predicted octanol–water partition coefficient (Wildman–Crippen LogP) is 3.02. The van der Waals surface area contributed by atoms with Gasteiger partial charge in [-0.1, -0.05) is 28.6 Å². The number of carbonyl (C=O) groups excluding carboxylic acids is 1. The van der Waals surface area contributed by atoms with E-state index in [-0.39, 0.29) is 5.97 Å². The van der Waals surface area contributed by atoms with Gasteiger partial charge in [0.1, 0.15) is 5.75 Å². The summed E-state index contributed by atoms with van der Waals surface area (Å²) in [5.74, 6) is 0.205. The normalized spacial score (nSPS) is 9.38. The molecule has 0 aliphatic heterocycles. The Morgan fingerprint density at radius 3 is 2.85 bits per heavy atom. The van der Waals surface area contributed by atoms with Crippen molar-refractivity contribution in [2.75, 3.05) is 0 Å². The van der Waals surface area contributed by atoms with Crippen LogP contribution in [0.1, 0.15) is 12.5 Å². The first-order valence-electron chi connectivity index (χ1n) is 3.74. The number of ether oxygens (including phenoxy) is 1. The van der Waals surface area contributed by atoms with E-state index in [1.807, 2.05) is 12.1 Å². The van der Waals surface area contributed by atoms with Crippen LogP contribution in [0.2, 0.25) is 0 Å². The molecule has 1 aromatic carbocycles. The molecule has 13 heavy (non-hydrogen) atoms. The second-order valence-corrected chi connectivity index (χ2v) is 3.40. The highest BCUT2D eigenvalue weighted by Crippen LogP contribution is 2.24. The summed E-state index contributed by atoms with van der Waals surface area (Å²) in [6.45, 7) is 5.00. The van der Waals surface area contributed by atoms with E-state index in [1.54, 1.807) is 12.1 Å². The van der Waals surface area contributed by atoms with Crippen LogP contribution in [-0.2, 0) is 4.79 Å². The summed E-state index contributed by atoms with van der Waals surface area (Å²) < 4.78 is 5.89. The molecular formula is C10H9BrO2. The molecule has 0 fully saturated rings. The molecule has 1 rings (SSSR count). The van der Waals surface area contributed by atoms with Crippen LogP contribution in [-0.4, -0.2) is 5.97 Å². The maximum absolute atomic E-state index is 10.7. The summed E-state index contributed by atoms with van der Waals surface area (Å²) in [6, 6.07) is 5.37. The van der Waals surface area contributed by atoms with Crippen LogP contribution < -0.4 is 4.74 Å². The van der Waals surface area contributed by atoms with Gasteiger partial charge in [-0.25, -0.2) is 0 Å². The highest BCUT2D eigenvalue weighted by Gasteiger charge is 2.03. The van der Waals surface area contributed by atoms with E-state index in [1.165, 1.54) is 6.92 Å². The lowest BCUT2D eigenvalue weighted by molar-refractivity contribution is -0.131. The van der Waals surface area contributed by atoms with Crippen molar-refractivity contribution < 1.29 is 9.53 Å². The highest BCUT2D eigenvalue weighted by molar-refractivity contribution is 9.10. The zero-order chi connectivity index (χ0) is 9.84. The van der Waals surface area contributed by atoms with Crippen LogP contribution in [0.5, 0.6) is 5.75 Å². The minimum absolute atomic E-state index is 0.328. The van der Waals surface area contributed by atoms with Crippen molar-refractivity contribution in [3.05, 3.63) is 34.8 Å². The van der Waals surface area contributed by atoms with Crippen molar-refractivity contribution in [2.45, 2.75) is 6.92 Å². The van der Waals surface area contributed by atoms with Crippen LogP contribution in [0.4, 0.5) is 0 Å². The minimum Gasteiger partial charge on any atom is -0.426 e. The number of esters is 1.